The molecule has 0 spiro atoms. The molecule has 1 fully saturated rings. The number of primary amides is 1. The Labute approximate surface area is 78.6 Å². The van der Waals surface area contributed by atoms with Crippen LogP contribution in [-0.2, 0) is 9.53 Å². The van der Waals surface area contributed by atoms with E-state index in [1.54, 1.807) is 0 Å². The van der Waals surface area contributed by atoms with Crippen LogP contribution in [0.3, 0.4) is 0 Å². The van der Waals surface area contributed by atoms with E-state index in [1.165, 1.54) is 0 Å². The lowest BCUT2D eigenvalue weighted by Gasteiger charge is -2.36. The van der Waals surface area contributed by atoms with Gasteiger partial charge in [-0.15, -0.1) is 0 Å². The molecule has 1 amide bonds. The SMILES string of the molecule is CCC(N)(C(N)=O)C1CCCOC1. The van der Waals surface area contributed by atoms with E-state index in [2.05, 4.69) is 0 Å². The third-order valence-electron chi connectivity index (χ3n) is 2.93. The fourth-order valence-corrected chi connectivity index (χ4v) is 1.81. The average Bonchev–Trinajstić information content (AvgIpc) is 2.17. The fourth-order valence-electron chi connectivity index (χ4n) is 1.81. The predicted octanol–water partition coefficient (Wildman–Crippen LogP) is 0.00580. The molecule has 1 aliphatic rings. The Balaban J connectivity index is 2.68. The van der Waals surface area contributed by atoms with Crippen LogP contribution in [0, 0.1) is 5.92 Å². The molecule has 4 N–H and O–H groups in total. The van der Waals surface area contributed by atoms with Gasteiger partial charge in [-0.25, -0.2) is 0 Å². The molecule has 0 aliphatic carbocycles. The van der Waals surface area contributed by atoms with E-state index < -0.39 is 11.4 Å². The molecule has 0 aromatic rings. The second kappa shape index (κ2) is 4.07. The molecule has 4 heteroatoms. The van der Waals surface area contributed by atoms with Gasteiger partial charge in [0.1, 0.15) is 0 Å². The van der Waals surface area contributed by atoms with Crippen LogP contribution in [0.4, 0.5) is 0 Å². The predicted molar refractivity (Wildman–Crippen MR) is 49.9 cm³/mol. The zero-order chi connectivity index (χ0) is 9.90. The number of rotatable bonds is 3. The maximum Gasteiger partial charge on any atom is 0.237 e. The van der Waals surface area contributed by atoms with Crippen molar-refractivity contribution in [1.82, 2.24) is 0 Å². The van der Waals surface area contributed by atoms with Gasteiger partial charge >= 0.3 is 0 Å². The maximum atomic E-state index is 11.2. The molecule has 0 saturated carbocycles. The number of hydrogen-bond donors (Lipinski definition) is 2. The van der Waals surface area contributed by atoms with Gasteiger partial charge in [0.25, 0.3) is 0 Å². The molecule has 13 heavy (non-hydrogen) atoms. The summed E-state index contributed by atoms with van der Waals surface area (Å²) in [5.74, 6) is -0.325. The van der Waals surface area contributed by atoms with Crippen molar-refractivity contribution in [2.75, 3.05) is 13.2 Å². The van der Waals surface area contributed by atoms with Gasteiger partial charge < -0.3 is 16.2 Å². The summed E-state index contributed by atoms with van der Waals surface area (Å²) < 4.78 is 5.29. The Morgan fingerprint density at radius 3 is 2.77 bits per heavy atom. The molecule has 76 valence electrons. The van der Waals surface area contributed by atoms with Gasteiger partial charge in [-0.05, 0) is 19.3 Å². The highest BCUT2D eigenvalue weighted by Gasteiger charge is 2.39. The quantitative estimate of drug-likeness (QED) is 0.651. The van der Waals surface area contributed by atoms with E-state index in [9.17, 15) is 4.79 Å². The first-order valence-electron chi connectivity index (χ1n) is 4.77. The van der Waals surface area contributed by atoms with Crippen LogP contribution < -0.4 is 11.5 Å². The first-order valence-corrected chi connectivity index (χ1v) is 4.77. The highest BCUT2D eigenvalue weighted by atomic mass is 16.5. The van der Waals surface area contributed by atoms with Crippen molar-refractivity contribution in [1.29, 1.82) is 0 Å². The van der Waals surface area contributed by atoms with Crippen molar-refractivity contribution >= 4 is 5.91 Å². The van der Waals surface area contributed by atoms with Gasteiger partial charge in [0.05, 0.1) is 12.1 Å². The third-order valence-corrected chi connectivity index (χ3v) is 2.93. The lowest BCUT2D eigenvalue weighted by atomic mass is 9.79. The summed E-state index contributed by atoms with van der Waals surface area (Å²) >= 11 is 0. The van der Waals surface area contributed by atoms with Crippen molar-refractivity contribution < 1.29 is 9.53 Å². The molecule has 1 heterocycles. The lowest BCUT2D eigenvalue weighted by Crippen LogP contribution is -2.58. The Kier molecular flexibility index (Phi) is 3.27. The summed E-state index contributed by atoms with van der Waals surface area (Å²) in [6.07, 6.45) is 2.49. The summed E-state index contributed by atoms with van der Waals surface area (Å²) in [4.78, 5) is 11.2. The average molecular weight is 186 g/mol. The van der Waals surface area contributed by atoms with Gasteiger partial charge in [-0.2, -0.15) is 0 Å². The number of ether oxygens (including phenoxy) is 1. The summed E-state index contributed by atoms with van der Waals surface area (Å²) in [5.41, 5.74) is 10.4. The largest absolute Gasteiger partial charge is 0.381 e. The lowest BCUT2D eigenvalue weighted by molar-refractivity contribution is -0.127. The Morgan fingerprint density at radius 1 is 1.69 bits per heavy atom. The minimum Gasteiger partial charge on any atom is -0.381 e. The second-order valence-corrected chi connectivity index (χ2v) is 3.67. The minimum atomic E-state index is -0.875. The van der Waals surface area contributed by atoms with Crippen LogP contribution in [0.2, 0.25) is 0 Å². The maximum absolute atomic E-state index is 11.2. The topological polar surface area (TPSA) is 78.3 Å². The van der Waals surface area contributed by atoms with E-state index in [0.29, 0.717) is 13.0 Å². The van der Waals surface area contributed by atoms with E-state index in [4.69, 9.17) is 16.2 Å². The van der Waals surface area contributed by atoms with E-state index in [-0.39, 0.29) is 5.92 Å². The number of carbonyl (C=O) groups excluding carboxylic acids is 1. The molecule has 1 rings (SSSR count). The van der Waals surface area contributed by atoms with Crippen LogP contribution in [0.15, 0.2) is 0 Å². The van der Waals surface area contributed by atoms with Crippen LogP contribution in [0.25, 0.3) is 0 Å². The molecule has 1 saturated heterocycles. The fraction of sp³-hybridized carbons (Fsp3) is 0.889. The Morgan fingerprint density at radius 2 is 2.38 bits per heavy atom. The van der Waals surface area contributed by atoms with Crippen molar-refractivity contribution in [3.05, 3.63) is 0 Å². The summed E-state index contributed by atoms with van der Waals surface area (Å²) in [7, 11) is 0. The number of amides is 1. The molecule has 1 aliphatic heterocycles. The van der Waals surface area contributed by atoms with Crippen molar-refractivity contribution in [2.45, 2.75) is 31.7 Å². The van der Waals surface area contributed by atoms with Crippen LogP contribution in [0.5, 0.6) is 0 Å². The molecule has 2 unspecified atom stereocenters. The van der Waals surface area contributed by atoms with Crippen LogP contribution in [0.1, 0.15) is 26.2 Å². The monoisotopic (exact) mass is 186 g/mol. The zero-order valence-corrected chi connectivity index (χ0v) is 8.08. The molecular weight excluding hydrogens is 168 g/mol. The molecule has 4 nitrogen and oxygen atoms in total. The molecule has 0 bridgehead atoms. The van der Waals surface area contributed by atoms with Gasteiger partial charge in [0.2, 0.25) is 5.91 Å². The molecule has 0 aromatic carbocycles. The second-order valence-electron chi connectivity index (χ2n) is 3.67. The highest BCUT2D eigenvalue weighted by Crippen LogP contribution is 2.26. The number of hydrogen-bond acceptors (Lipinski definition) is 3. The van der Waals surface area contributed by atoms with Gasteiger partial charge in [0.15, 0.2) is 0 Å². The third kappa shape index (κ3) is 2.00. The zero-order valence-electron chi connectivity index (χ0n) is 8.08. The van der Waals surface area contributed by atoms with Crippen molar-refractivity contribution in [2.24, 2.45) is 17.4 Å². The first kappa shape index (κ1) is 10.5. The first-order chi connectivity index (χ1) is 6.11. The van der Waals surface area contributed by atoms with E-state index >= 15 is 0 Å². The Hall–Kier alpha value is -0.610. The van der Waals surface area contributed by atoms with E-state index in [1.807, 2.05) is 6.92 Å². The van der Waals surface area contributed by atoms with E-state index in [0.717, 1.165) is 19.4 Å². The standard InChI is InChI=1S/C9H18N2O2/c1-2-9(11,8(10)12)7-4-3-5-13-6-7/h7H,2-6,11H2,1H3,(H2,10,12). The molecular formula is C9H18N2O2. The van der Waals surface area contributed by atoms with Crippen molar-refractivity contribution in [3.8, 4) is 0 Å². The number of carbonyl (C=O) groups is 1. The van der Waals surface area contributed by atoms with Gasteiger partial charge in [-0.1, -0.05) is 6.92 Å². The molecule has 2 atom stereocenters. The smallest absolute Gasteiger partial charge is 0.237 e. The summed E-state index contributed by atoms with van der Waals surface area (Å²) in [6.45, 7) is 3.22. The Bertz CT molecular complexity index is 190. The van der Waals surface area contributed by atoms with Gasteiger partial charge in [0, 0.05) is 12.5 Å². The minimum absolute atomic E-state index is 0.0868. The summed E-state index contributed by atoms with van der Waals surface area (Å²) in [6, 6.07) is 0. The normalized spacial score (nSPS) is 28.0. The molecule has 0 radical (unpaired) electrons. The van der Waals surface area contributed by atoms with Gasteiger partial charge in [-0.3, -0.25) is 4.79 Å². The van der Waals surface area contributed by atoms with Crippen molar-refractivity contribution in [3.63, 3.8) is 0 Å². The summed E-state index contributed by atoms with van der Waals surface area (Å²) in [5, 5.41) is 0. The molecule has 0 aromatic heterocycles. The highest BCUT2D eigenvalue weighted by molar-refractivity contribution is 5.84. The number of nitrogens with two attached hydrogens (primary N) is 2. The van der Waals surface area contributed by atoms with Crippen LogP contribution >= 0.6 is 0 Å². The van der Waals surface area contributed by atoms with Crippen LogP contribution in [-0.4, -0.2) is 24.7 Å².